The smallest absolute Gasteiger partial charge is 0.219 e. The molecule has 6 nitrogen and oxygen atoms in total. The van der Waals surface area contributed by atoms with Crippen molar-refractivity contribution in [3.8, 4) is 5.75 Å². The quantitative estimate of drug-likeness (QED) is 0.715. The molecule has 0 N–H and O–H groups in total. The van der Waals surface area contributed by atoms with Gasteiger partial charge in [-0.25, -0.2) is 0 Å². The number of carbonyl (C=O) groups excluding carboxylic acids is 1. The van der Waals surface area contributed by atoms with Gasteiger partial charge in [0.2, 0.25) is 5.91 Å². The Hall–Kier alpha value is -2.57. The summed E-state index contributed by atoms with van der Waals surface area (Å²) in [5.41, 5.74) is 3.86. The number of carbonyl (C=O) groups is 1. The summed E-state index contributed by atoms with van der Waals surface area (Å²) < 4.78 is 11.6. The SMILES string of the molecule is COc1ccc(N2CCN(C(CN(C)C(C)=O)C3OCCc4ccccc43)CC2)cc1. The molecule has 2 unspecified atom stereocenters. The summed E-state index contributed by atoms with van der Waals surface area (Å²) in [5, 5.41) is 0. The number of nitrogens with zero attached hydrogens (tertiary/aromatic N) is 3. The zero-order valence-electron chi connectivity index (χ0n) is 18.8. The summed E-state index contributed by atoms with van der Waals surface area (Å²) in [6, 6.07) is 17.0. The van der Waals surface area contributed by atoms with E-state index < -0.39 is 0 Å². The molecule has 0 bridgehead atoms. The third kappa shape index (κ3) is 4.86. The number of amides is 1. The number of hydrogen-bond acceptors (Lipinski definition) is 5. The van der Waals surface area contributed by atoms with Gasteiger partial charge in [-0.2, -0.15) is 0 Å². The first kappa shape index (κ1) is 21.7. The van der Waals surface area contributed by atoms with E-state index in [1.165, 1.54) is 16.8 Å². The average Bonchev–Trinajstić information content (AvgIpc) is 2.82. The lowest BCUT2D eigenvalue weighted by molar-refractivity contribution is -0.129. The summed E-state index contributed by atoms with van der Waals surface area (Å²) in [6.45, 7) is 6.79. The fraction of sp³-hybridized carbons (Fsp3) is 0.480. The maximum absolute atomic E-state index is 12.0. The summed E-state index contributed by atoms with van der Waals surface area (Å²) in [6.07, 6.45) is 0.937. The highest BCUT2D eigenvalue weighted by Gasteiger charge is 2.35. The predicted molar refractivity (Wildman–Crippen MR) is 123 cm³/mol. The highest BCUT2D eigenvalue weighted by Crippen LogP contribution is 2.33. The van der Waals surface area contributed by atoms with E-state index in [2.05, 4.69) is 46.2 Å². The van der Waals surface area contributed by atoms with E-state index in [1.807, 2.05) is 24.1 Å². The summed E-state index contributed by atoms with van der Waals surface area (Å²) >= 11 is 0. The van der Waals surface area contributed by atoms with Gasteiger partial charge in [0.05, 0.1) is 25.9 Å². The van der Waals surface area contributed by atoms with Gasteiger partial charge in [-0.15, -0.1) is 0 Å². The van der Waals surface area contributed by atoms with Crippen LogP contribution in [-0.4, -0.2) is 75.2 Å². The Labute approximate surface area is 185 Å². The number of benzene rings is 2. The lowest BCUT2D eigenvalue weighted by Crippen LogP contribution is -2.56. The third-order valence-electron chi connectivity index (χ3n) is 6.60. The number of hydrogen-bond donors (Lipinski definition) is 0. The van der Waals surface area contributed by atoms with Crippen LogP contribution in [0.4, 0.5) is 5.69 Å². The summed E-state index contributed by atoms with van der Waals surface area (Å²) in [5.74, 6) is 0.966. The molecule has 166 valence electrons. The standard InChI is InChI=1S/C25H33N3O3/c1-19(29)26(2)18-24(25-23-7-5-4-6-20(23)12-17-31-25)28-15-13-27(14-16-28)21-8-10-22(30-3)11-9-21/h4-11,24-25H,12-18H2,1-3H3. The van der Waals surface area contributed by atoms with Crippen molar-refractivity contribution in [1.29, 1.82) is 0 Å². The molecule has 6 heteroatoms. The van der Waals surface area contributed by atoms with Crippen LogP contribution in [0.1, 0.15) is 24.2 Å². The lowest BCUT2D eigenvalue weighted by atomic mass is 9.91. The van der Waals surface area contributed by atoms with Crippen LogP contribution in [0.15, 0.2) is 48.5 Å². The third-order valence-corrected chi connectivity index (χ3v) is 6.60. The molecule has 1 amide bonds. The zero-order chi connectivity index (χ0) is 21.8. The minimum Gasteiger partial charge on any atom is -0.497 e. The number of ether oxygens (including phenoxy) is 2. The van der Waals surface area contributed by atoms with Crippen LogP contribution < -0.4 is 9.64 Å². The van der Waals surface area contributed by atoms with E-state index >= 15 is 0 Å². The van der Waals surface area contributed by atoms with Crippen LogP contribution in [0.2, 0.25) is 0 Å². The molecule has 2 atom stereocenters. The fourth-order valence-corrected chi connectivity index (χ4v) is 4.66. The van der Waals surface area contributed by atoms with Crippen molar-refractivity contribution < 1.29 is 14.3 Å². The molecule has 0 aliphatic carbocycles. The molecule has 2 aliphatic rings. The molecule has 0 spiro atoms. The Balaban J connectivity index is 1.51. The second-order valence-electron chi connectivity index (χ2n) is 8.43. The maximum atomic E-state index is 12.0. The Morgan fingerprint density at radius 2 is 1.84 bits per heavy atom. The molecule has 2 aromatic rings. The van der Waals surface area contributed by atoms with Crippen molar-refractivity contribution in [1.82, 2.24) is 9.80 Å². The molecule has 1 fully saturated rings. The van der Waals surface area contributed by atoms with Crippen molar-refractivity contribution >= 4 is 11.6 Å². The highest BCUT2D eigenvalue weighted by molar-refractivity contribution is 5.72. The lowest BCUT2D eigenvalue weighted by Gasteiger charge is -2.45. The number of methoxy groups -OCH3 is 1. The number of fused-ring (bicyclic) bond motifs is 1. The first-order chi connectivity index (χ1) is 15.1. The second-order valence-corrected chi connectivity index (χ2v) is 8.43. The number of rotatable bonds is 6. The number of piperazine rings is 1. The Bertz CT molecular complexity index is 878. The van der Waals surface area contributed by atoms with Crippen LogP contribution in [0, 0.1) is 0 Å². The van der Waals surface area contributed by atoms with E-state index in [0.29, 0.717) is 6.54 Å². The van der Waals surface area contributed by atoms with Gasteiger partial charge >= 0.3 is 0 Å². The molecular formula is C25H33N3O3. The van der Waals surface area contributed by atoms with Gasteiger partial charge in [-0.3, -0.25) is 9.69 Å². The molecule has 2 aromatic carbocycles. The van der Waals surface area contributed by atoms with E-state index in [0.717, 1.165) is 45.0 Å². The molecule has 2 aliphatic heterocycles. The number of likely N-dealkylation sites (N-methyl/N-ethyl adjacent to an activating group) is 1. The molecule has 0 saturated carbocycles. The normalized spacial score (nSPS) is 20.1. The van der Waals surface area contributed by atoms with Crippen LogP contribution in [-0.2, 0) is 16.0 Å². The van der Waals surface area contributed by atoms with E-state index in [4.69, 9.17) is 9.47 Å². The van der Waals surface area contributed by atoms with E-state index in [9.17, 15) is 4.79 Å². The van der Waals surface area contributed by atoms with Gasteiger partial charge in [0, 0.05) is 52.4 Å². The van der Waals surface area contributed by atoms with Crippen molar-refractivity contribution in [2.24, 2.45) is 0 Å². The van der Waals surface area contributed by atoms with Crippen LogP contribution in [0.25, 0.3) is 0 Å². The monoisotopic (exact) mass is 423 g/mol. The number of anilines is 1. The fourth-order valence-electron chi connectivity index (χ4n) is 4.66. The molecular weight excluding hydrogens is 390 g/mol. The van der Waals surface area contributed by atoms with Crippen LogP contribution >= 0.6 is 0 Å². The van der Waals surface area contributed by atoms with Crippen LogP contribution in [0.3, 0.4) is 0 Å². The minimum absolute atomic E-state index is 0.0145. The Morgan fingerprint density at radius 3 is 2.52 bits per heavy atom. The van der Waals surface area contributed by atoms with Crippen molar-refractivity contribution in [2.75, 3.05) is 58.4 Å². The van der Waals surface area contributed by atoms with Crippen molar-refractivity contribution in [3.05, 3.63) is 59.7 Å². The highest BCUT2D eigenvalue weighted by atomic mass is 16.5. The molecule has 0 aromatic heterocycles. The Kier molecular flexibility index (Phi) is 6.78. The molecule has 1 saturated heterocycles. The average molecular weight is 424 g/mol. The van der Waals surface area contributed by atoms with Gasteiger partial charge in [0.15, 0.2) is 0 Å². The topological polar surface area (TPSA) is 45.2 Å². The first-order valence-corrected chi connectivity index (χ1v) is 11.1. The molecule has 2 heterocycles. The molecule has 31 heavy (non-hydrogen) atoms. The predicted octanol–water partition coefficient (Wildman–Crippen LogP) is 2.98. The van der Waals surface area contributed by atoms with Crippen LogP contribution in [0.5, 0.6) is 5.75 Å². The minimum atomic E-state index is -0.0145. The van der Waals surface area contributed by atoms with Gasteiger partial charge in [-0.1, -0.05) is 24.3 Å². The second kappa shape index (κ2) is 9.71. The van der Waals surface area contributed by atoms with E-state index in [1.54, 1.807) is 14.0 Å². The summed E-state index contributed by atoms with van der Waals surface area (Å²) in [7, 11) is 3.58. The molecule has 0 radical (unpaired) electrons. The van der Waals surface area contributed by atoms with Gasteiger partial charge < -0.3 is 19.3 Å². The van der Waals surface area contributed by atoms with Gasteiger partial charge in [-0.05, 0) is 41.8 Å². The van der Waals surface area contributed by atoms with Crippen molar-refractivity contribution in [2.45, 2.75) is 25.5 Å². The zero-order valence-corrected chi connectivity index (χ0v) is 18.8. The maximum Gasteiger partial charge on any atom is 0.219 e. The van der Waals surface area contributed by atoms with Gasteiger partial charge in [0.1, 0.15) is 5.75 Å². The van der Waals surface area contributed by atoms with Crippen molar-refractivity contribution in [3.63, 3.8) is 0 Å². The Morgan fingerprint density at radius 1 is 1.13 bits per heavy atom. The first-order valence-electron chi connectivity index (χ1n) is 11.1. The largest absolute Gasteiger partial charge is 0.497 e. The van der Waals surface area contributed by atoms with Gasteiger partial charge in [0.25, 0.3) is 0 Å². The molecule has 4 rings (SSSR count). The summed E-state index contributed by atoms with van der Waals surface area (Å²) in [4.78, 5) is 18.8. The van der Waals surface area contributed by atoms with E-state index in [-0.39, 0.29) is 18.1 Å².